The van der Waals surface area contributed by atoms with Gasteiger partial charge >= 0.3 is 0 Å². The average Bonchev–Trinajstić information content (AvgIpc) is 2.02. The smallest absolute Gasteiger partial charge is 0.0701 e. The van der Waals surface area contributed by atoms with Gasteiger partial charge in [0.05, 0.1) is 13.2 Å². The lowest BCUT2D eigenvalue weighted by molar-refractivity contribution is 0.475. The Kier molecular flexibility index (Phi) is 10.4. The molecule has 2 nitrogen and oxygen atoms in total. The highest BCUT2D eigenvalue weighted by Crippen LogP contribution is 1.84. The molecule has 0 bridgehead atoms. The standard InChI is InChI=1S/C3H9N.C2H4O.BrH/c1-4(2)3;1-2-3-1;/h1-3H3;1-2H2;1H. The SMILES string of the molecule is Br.C1CO1.CN(C)C. The van der Waals surface area contributed by atoms with Crippen LogP contribution in [0.15, 0.2) is 0 Å². The fourth-order valence-electron chi connectivity index (χ4n) is 0. The van der Waals surface area contributed by atoms with Crippen molar-refractivity contribution in [3.05, 3.63) is 0 Å². The van der Waals surface area contributed by atoms with Crippen molar-refractivity contribution in [3.8, 4) is 0 Å². The quantitative estimate of drug-likeness (QED) is 0.517. The summed E-state index contributed by atoms with van der Waals surface area (Å²) >= 11 is 0. The maximum absolute atomic E-state index is 4.50. The molecule has 3 heteroatoms. The van der Waals surface area contributed by atoms with Crippen molar-refractivity contribution in [2.45, 2.75) is 0 Å². The van der Waals surface area contributed by atoms with Crippen molar-refractivity contribution in [2.24, 2.45) is 0 Å². The predicted molar refractivity (Wildman–Crippen MR) is 40.8 cm³/mol. The summed E-state index contributed by atoms with van der Waals surface area (Å²) in [7, 11) is 6.00. The summed E-state index contributed by atoms with van der Waals surface area (Å²) in [4.78, 5) is 2.00. The van der Waals surface area contributed by atoms with E-state index in [0.717, 1.165) is 13.2 Å². The highest BCUT2D eigenvalue weighted by atomic mass is 79.9. The van der Waals surface area contributed by atoms with E-state index in [1.165, 1.54) is 0 Å². The molecule has 0 radical (unpaired) electrons. The second-order valence-corrected chi connectivity index (χ2v) is 1.95. The van der Waals surface area contributed by atoms with E-state index in [1.54, 1.807) is 0 Å². The minimum absolute atomic E-state index is 0. The molecule has 0 aromatic carbocycles. The van der Waals surface area contributed by atoms with Crippen LogP contribution in [0.5, 0.6) is 0 Å². The van der Waals surface area contributed by atoms with Crippen LogP contribution in [0.3, 0.4) is 0 Å². The topological polar surface area (TPSA) is 15.8 Å². The third-order valence-electron chi connectivity index (χ3n) is 0.204. The first kappa shape index (κ1) is 11.2. The van der Waals surface area contributed by atoms with Gasteiger partial charge in [0.1, 0.15) is 0 Å². The van der Waals surface area contributed by atoms with Crippen LogP contribution in [-0.2, 0) is 4.74 Å². The molecule has 0 amide bonds. The lowest BCUT2D eigenvalue weighted by Crippen LogP contribution is -1.99. The molecule has 8 heavy (non-hydrogen) atoms. The monoisotopic (exact) mass is 183 g/mol. The van der Waals surface area contributed by atoms with E-state index in [4.69, 9.17) is 0 Å². The summed E-state index contributed by atoms with van der Waals surface area (Å²) in [6.07, 6.45) is 0. The number of rotatable bonds is 0. The molecule has 1 rings (SSSR count). The van der Waals surface area contributed by atoms with Crippen LogP contribution in [0, 0.1) is 0 Å². The lowest BCUT2D eigenvalue weighted by atomic mass is 11.0. The molecule has 0 atom stereocenters. The van der Waals surface area contributed by atoms with Crippen molar-refractivity contribution in [3.63, 3.8) is 0 Å². The Balaban J connectivity index is 0. The van der Waals surface area contributed by atoms with Crippen LogP contribution in [0.4, 0.5) is 0 Å². The van der Waals surface area contributed by atoms with Gasteiger partial charge < -0.3 is 9.64 Å². The zero-order valence-electron chi connectivity index (χ0n) is 5.68. The van der Waals surface area contributed by atoms with Gasteiger partial charge in [-0.15, -0.1) is 17.0 Å². The van der Waals surface area contributed by atoms with E-state index in [1.807, 2.05) is 26.0 Å². The van der Waals surface area contributed by atoms with Crippen molar-refractivity contribution in [1.29, 1.82) is 0 Å². The minimum Gasteiger partial charge on any atom is -0.377 e. The molecule has 0 saturated carbocycles. The van der Waals surface area contributed by atoms with Gasteiger partial charge in [-0.2, -0.15) is 0 Å². The van der Waals surface area contributed by atoms with E-state index in [-0.39, 0.29) is 17.0 Å². The maximum Gasteiger partial charge on any atom is 0.0701 e. The summed E-state index contributed by atoms with van der Waals surface area (Å²) < 4.78 is 4.50. The first-order valence-corrected chi connectivity index (χ1v) is 2.42. The zero-order valence-corrected chi connectivity index (χ0v) is 7.39. The molecule has 1 aliphatic heterocycles. The Morgan fingerprint density at radius 2 is 1.25 bits per heavy atom. The van der Waals surface area contributed by atoms with E-state index in [0.29, 0.717) is 0 Å². The number of halogens is 1. The van der Waals surface area contributed by atoms with Crippen LogP contribution in [0.2, 0.25) is 0 Å². The minimum atomic E-state index is 0. The summed E-state index contributed by atoms with van der Waals surface area (Å²) in [6, 6.07) is 0. The van der Waals surface area contributed by atoms with Crippen LogP contribution in [0.1, 0.15) is 0 Å². The molecule has 0 aliphatic carbocycles. The van der Waals surface area contributed by atoms with E-state index in [9.17, 15) is 0 Å². The Morgan fingerprint density at radius 1 is 1.12 bits per heavy atom. The van der Waals surface area contributed by atoms with Crippen molar-refractivity contribution >= 4 is 17.0 Å². The zero-order chi connectivity index (χ0) is 5.70. The van der Waals surface area contributed by atoms with E-state index < -0.39 is 0 Å². The van der Waals surface area contributed by atoms with Gasteiger partial charge in [-0.1, -0.05) is 0 Å². The molecule has 0 aromatic rings. The maximum atomic E-state index is 4.50. The molecule has 1 aliphatic rings. The molecule has 1 heterocycles. The van der Waals surface area contributed by atoms with Gasteiger partial charge in [0.15, 0.2) is 0 Å². The van der Waals surface area contributed by atoms with Crippen LogP contribution < -0.4 is 0 Å². The van der Waals surface area contributed by atoms with E-state index in [2.05, 4.69) is 4.74 Å². The van der Waals surface area contributed by atoms with Gasteiger partial charge in [-0.25, -0.2) is 0 Å². The highest BCUT2D eigenvalue weighted by Gasteiger charge is 1.94. The summed E-state index contributed by atoms with van der Waals surface area (Å²) in [5, 5.41) is 0. The molecular formula is C5H14BrNO. The largest absolute Gasteiger partial charge is 0.377 e. The predicted octanol–water partition coefficient (Wildman–Crippen LogP) is 0.772. The number of hydrogen-bond acceptors (Lipinski definition) is 2. The molecule has 0 N–H and O–H groups in total. The Hall–Kier alpha value is 0.400. The fraction of sp³-hybridized carbons (Fsp3) is 1.00. The normalized spacial score (nSPS) is 13.5. The second-order valence-electron chi connectivity index (χ2n) is 1.95. The molecular weight excluding hydrogens is 170 g/mol. The summed E-state index contributed by atoms with van der Waals surface area (Å²) in [5.74, 6) is 0. The summed E-state index contributed by atoms with van der Waals surface area (Å²) in [5.41, 5.74) is 0. The van der Waals surface area contributed by atoms with Crippen LogP contribution >= 0.6 is 17.0 Å². The number of epoxide rings is 1. The van der Waals surface area contributed by atoms with E-state index >= 15 is 0 Å². The van der Waals surface area contributed by atoms with Gasteiger partial charge in [0, 0.05) is 0 Å². The van der Waals surface area contributed by atoms with Crippen molar-refractivity contribution in [1.82, 2.24) is 4.90 Å². The molecule has 0 aromatic heterocycles. The van der Waals surface area contributed by atoms with Gasteiger partial charge in [-0.3, -0.25) is 0 Å². The Bertz CT molecular complexity index is 33.9. The molecule has 0 unspecified atom stereocenters. The van der Waals surface area contributed by atoms with Gasteiger partial charge in [-0.05, 0) is 21.1 Å². The first-order valence-electron chi connectivity index (χ1n) is 2.42. The molecule has 1 saturated heterocycles. The highest BCUT2D eigenvalue weighted by molar-refractivity contribution is 8.93. The lowest BCUT2D eigenvalue weighted by Gasteiger charge is -1.90. The van der Waals surface area contributed by atoms with Crippen molar-refractivity contribution in [2.75, 3.05) is 34.4 Å². The molecule has 1 fully saturated rings. The number of hydrogen-bond donors (Lipinski definition) is 0. The first-order chi connectivity index (χ1) is 3.23. The number of nitrogens with zero attached hydrogens (tertiary/aromatic N) is 1. The third-order valence-corrected chi connectivity index (χ3v) is 0.204. The Morgan fingerprint density at radius 3 is 1.25 bits per heavy atom. The Labute approximate surface area is 61.6 Å². The third kappa shape index (κ3) is 95.2. The summed E-state index contributed by atoms with van der Waals surface area (Å²) in [6.45, 7) is 2.00. The second kappa shape index (κ2) is 7.40. The van der Waals surface area contributed by atoms with Crippen LogP contribution in [-0.4, -0.2) is 39.3 Å². The van der Waals surface area contributed by atoms with Crippen molar-refractivity contribution < 1.29 is 4.74 Å². The van der Waals surface area contributed by atoms with Crippen LogP contribution in [0.25, 0.3) is 0 Å². The fourth-order valence-corrected chi connectivity index (χ4v) is 0. The van der Waals surface area contributed by atoms with Gasteiger partial charge in [0.2, 0.25) is 0 Å². The average molecular weight is 184 g/mol. The number of ether oxygens (including phenoxy) is 1. The van der Waals surface area contributed by atoms with Gasteiger partial charge in [0.25, 0.3) is 0 Å². The molecule has 0 spiro atoms. The molecule has 52 valence electrons.